The normalized spacial score (nSPS) is 16.7. The van der Waals surface area contributed by atoms with Crippen LogP contribution in [-0.2, 0) is 9.53 Å². The molecule has 144 valence electrons. The first-order chi connectivity index (χ1) is 13.0. The molecule has 7 heteroatoms. The Labute approximate surface area is 165 Å². The highest BCUT2D eigenvalue weighted by Crippen LogP contribution is 2.38. The van der Waals surface area contributed by atoms with E-state index in [1.165, 1.54) is 0 Å². The van der Waals surface area contributed by atoms with Gasteiger partial charge in [0.2, 0.25) is 5.75 Å². The molecule has 2 aromatic rings. The van der Waals surface area contributed by atoms with Crippen molar-refractivity contribution in [2.45, 2.75) is 51.7 Å². The molecule has 0 N–H and O–H groups in total. The Balaban J connectivity index is 1.80. The highest BCUT2D eigenvalue weighted by atomic mass is 35.5. The molecular formula is C20H23ClNO4P. The molecule has 2 aromatic carbocycles. The van der Waals surface area contributed by atoms with Gasteiger partial charge in [-0.15, -0.1) is 0 Å². The van der Waals surface area contributed by atoms with Gasteiger partial charge in [0.05, 0.1) is 5.02 Å². The molecule has 5 nitrogen and oxygen atoms in total. The Hall–Kier alpha value is -1.68. The predicted molar refractivity (Wildman–Crippen MR) is 106 cm³/mol. The number of nitrogens with zero attached hydrogens (tertiary/aromatic N) is 1. The molecule has 0 amide bonds. The van der Waals surface area contributed by atoms with Crippen LogP contribution in [0.5, 0.6) is 5.75 Å². The summed E-state index contributed by atoms with van der Waals surface area (Å²) < 4.78 is 15.2. The number of halogens is 1. The zero-order valence-corrected chi connectivity index (χ0v) is 17.1. The van der Waals surface area contributed by atoms with Gasteiger partial charge < -0.3 is 9.63 Å². The second kappa shape index (κ2) is 9.01. The number of hydrogen-bond acceptors (Lipinski definition) is 5. The van der Waals surface area contributed by atoms with Crippen LogP contribution in [0.4, 0.5) is 0 Å². The number of hydrogen-bond donors (Lipinski definition) is 0. The molecule has 0 aromatic heterocycles. The summed E-state index contributed by atoms with van der Waals surface area (Å²) in [7, 11) is -2.48. The lowest BCUT2D eigenvalue weighted by Gasteiger charge is -2.17. The molecular weight excluding hydrogens is 385 g/mol. The molecule has 0 radical (unpaired) electrons. The monoisotopic (exact) mass is 407 g/mol. The van der Waals surface area contributed by atoms with Gasteiger partial charge in [-0.25, -0.2) is 4.79 Å². The number of rotatable bonds is 6. The van der Waals surface area contributed by atoms with Gasteiger partial charge in [-0.3, -0.25) is 4.52 Å². The first-order valence-corrected chi connectivity index (χ1v) is 10.7. The maximum atomic E-state index is 12.6. The summed E-state index contributed by atoms with van der Waals surface area (Å²) in [5.41, 5.74) is 0. The fraction of sp³-hybridized carbons (Fsp3) is 0.450. The Kier molecular flexibility index (Phi) is 6.69. The van der Waals surface area contributed by atoms with Crippen molar-refractivity contribution in [3.8, 4) is 5.75 Å². The van der Waals surface area contributed by atoms with Gasteiger partial charge in [-0.05, 0) is 43.1 Å². The van der Waals surface area contributed by atoms with E-state index < -0.39 is 20.2 Å². The minimum Gasteiger partial charge on any atom is -0.575 e. The maximum absolute atomic E-state index is 12.6. The molecule has 2 atom stereocenters. The first-order valence-electron chi connectivity index (χ1n) is 9.19. The Bertz CT molecular complexity index is 849. The molecule has 1 saturated carbocycles. The van der Waals surface area contributed by atoms with Crippen LogP contribution >= 0.6 is 19.8 Å². The van der Waals surface area contributed by atoms with E-state index in [2.05, 4.69) is 4.74 Å². The number of carbonyl (C=O) groups is 1. The van der Waals surface area contributed by atoms with Crippen molar-refractivity contribution in [2.75, 3.05) is 0 Å². The van der Waals surface area contributed by atoms with Gasteiger partial charge in [-0.1, -0.05) is 60.5 Å². The Morgan fingerprint density at radius 1 is 1.22 bits per heavy atom. The zero-order valence-electron chi connectivity index (χ0n) is 15.4. The molecule has 0 bridgehead atoms. The molecule has 1 aliphatic carbocycles. The van der Waals surface area contributed by atoms with Crippen LogP contribution < -0.4 is 9.42 Å². The van der Waals surface area contributed by atoms with Crippen molar-refractivity contribution in [1.29, 1.82) is 0 Å². The van der Waals surface area contributed by atoms with Gasteiger partial charge >= 0.3 is 14.1 Å². The number of esters is 1. The van der Waals surface area contributed by atoms with Crippen molar-refractivity contribution in [2.24, 2.45) is 10.7 Å². The lowest BCUT2D eigenvalue weighted by atomic mass is 10.1. The summed E-state index contributed by atoms with van der Waals surface area (Å²) in [6.45, 7) is 3.69. The fourth-order valence-corrected chi connectivity index (χ4v) is 4.43. The largest absolute Gasteiger partial charge is 0.575 e. The summed E-state index contributed by atoms with van der Waals surface area (Å²) in [6, 6.07) is 10.2. The predicted octanol–water partition coefficient (Wildman–Crippen LogP) is 5.24. The van der Waals surface area contributed by atoms with Gasteiger partial charge in [0.15, 0.2) is 6.04 Å². The molecule has 0 saturated heterocycles. The molecule has 27 heavy (non-hydrogen) atoms. The van der Waals surface area contributed by atoms with Crippen LogP contribution in [0, 0.1) is 5.92 Å². The third-order valence-corrected chi connectivity index (χ3v) is 5.75. The van der Waals surface area contributed by atoms with Crippen LogP contribution in [0.3, 0.4) is 0 Å². The first kappa shape index (κ1) is 20.1. The van der Waals surface area contributed by atoms with Crippen molar-refractivity contribution >= 4 is 36.5 Å². The molecule has 0 heterocycles. The van der Waals surface area contributed by atoms with Crippen LogP contribution in [0.1, 0.15) is 39.5 Å². The van der Waals surface area contributed by atoms with E-state index in [9.17, 15) is 9.69 Å². The fourth-order valence-electron chi connectivity index (χ4n) is 3.21. The highest BCUT2D eigenvalue weighted by Gasteiger charge is 2.31. The second-order valence-electron chi connectivity index (χ2n) is 7.07. The van der Waals surface area contributed by atoms with E-state index in [0.717, 1.165) is 36.5 Å². The SMILES string of the molecule is CC(C)C(N=[P+]([O-])Oc1c(Cl)ccc2ccccc12)C(=O)OC1CCCC1. The van der Waals surface area contributed by atoms with Gasteiger partial charge in [0.1, 0.15) is 6.10 Å². The molecule has 2 unspecified atom stereocenters. The molecule has 1 aliphatic rings. The lowest BCUT2D eigenvalue weighted by molar-refractivity contribution is -0.170. The van der Waals surface area contributed by atoms with Crippen LogP contribution in [-0.4, -0.2) is 18.1 Å². The van der Waals surface area contributed by atoms with E-state index in [4.69, 9.17) is 20.9 Å². The summed E-state index contributed by atoms with van der Waals surface area (Å²) in [5, 5.41) is 2.02. The van der Waals surface area contributed by atoms with Crippen molar-refractivity contribution in [3.05, 3.63) is 41.4 Å². The van der Waals surface area contributed by atoms with Gasteiger partial charge in [-0.2, -0.15) is 0 Å². The van der Waals surface area contributed by atoms with E-state index in [0.29, 0.717) is 10.8 Å². The van der Waals surface area contributed by atoms with E-state index in [-0.39, 0.29) is 12.0 Å². The smallest absolute Gasteiger partial charge is 0.395 e. The van der Waals surface area contributed by atoms with Crippen molar-refractivity contribution in [3.63, 3.8) is 0 Å². The summed E-state index contributed by atoms with van der Waals surface area (Å²) in [4.78, 5) is 25.0. The molecule has 0 spiro atoms. The quantitative estimate of drug-likeness (QED) is 0.485. The lowest BCUT2D eigenvalue weighted by Crippen LogP contribution is -2.29. The summed E-state index contributed by atoms with van der Waals surface area (Å²) in [5.74, 6) is -0.274. The molecule has 1 fully saturated rings. The van der Waals surface area contributed by atoms with E-state index in [1.54, 1.807) is 6.07 Å². The highest BCUT2D eigenvalue weighted by molar-refractivity contribution is 7.34. The van der Waals surface area contributed by atoms with Gasteiger partial charge in [0, 0.05) is 5.39 Å². The average Bonchev–Trinajstić information content (AvgIpc) is 3.14. The minimum atomic E-state index is -2.48. The number of fused-ring (bicyclic) bond motifs is 1. The standard InChI is InChI=1S/C20H23ClNO4P/c1-13(2)18(20(23)25-15-8-4-5-9-15)22-27(24)26-19-16-10-6-3-7-14(16)11-12-17(19)21/h3,6-7,10-13,15,18H,4-5,8-9H2,1-2H3. The third-order valence-electron chi connectivity index (χ3n) is 4.68. The molecule has 3 rings (SSSR count). The summed E-state index contributed by atoms with van der Waals surface area (Å²) in [6.07, 6.45) is 3.84. The van der Waals surface area contributed by atoms with Crippen LogP contribution in [0.25, 0.3) is 10.8 Å². The second-order valence-corrected chi connectivity index (χ2v) is 8.37. The minimum absolute atomic E-state index is 0.0553. The topological polar surface area (TPSA) is 71.0 Å². The van der Waals surface area contributed by atoms with Crippen molar-refractivity contribution < 1.29 is 18.9 Å². The maximum Gasteiger partial charge on any atom is 0.395 e. The average molecular weight is 408 g/mol. The zero-order chi connectivity index (χ0) is 19.4. The molecule has 0 aliphatic heterocycles. The van der Waals surface area contributed by atoms with E-state index in [1.807, 2.05) is 44.2 Å². The number of benzene rings is 2. The Morgan fingerprint density at radius 3 is 2.63 bits per heavy atom. The van der Waals surface area contributed by atoms with E-state index >= 15 is 0 Å². The van der Waals surface area contributed by atoms with Crippen LogP contribution in [0.2, 0.25) is 5.02 Å². The van der Waals surface area contributed by atoms with Crippen molar-refractivity contribution in [1.82, 2.24) is 0 Å². The number of ether oxygens (including phenoxy) is 1. The van der Waals surface area contributed by atoms with Crippen LogP contribution in [0.15, 0.2) is 41.1 Å². The number of carbonyl (C=O) groups excluding carboxylic acids is 1. The summed E-state index contributed by atoms with van der Waals surface area (Å²) >= 11 is 6.24. The Morgan fingerprint density at radius 2 is 1.93 bits per heavy atom. The third kappa shape index (κ3) is 4.98. The van der Waals surface area contributed by atoms with Gasteiger partial charge in [0.25, 0.3) is 0 Å².